The molecule has 2 rings (SSSR count). The first kappa shape index (κ1) is 11.6. The van der Waals surface area contributed by atoms with E-state index in [1.54, 1.807) is 0 Å². The lowest BCUT2D eigenvalue weighted by Gasteiger charge is -2.04. The Balaban J connectivity index is 1.91. The maximum absolute atomic E-state index is 12.9. The molecule has 1 fully saturated rings. The van der Waals surface area contributed by atoms with Crippen LogP contribution in [0, 0.1) is 5.82 Å². The summed E-state index contributed by atoms with van der Waals surface area (Å²) in [6.07, 6.45) is 2.48. The van der Waals surface area contributed by atoms with Gasteiger partial charge in [-0.25, -0.2) is 4.39 Å². The van der Waals surface area contributed by atoms with E-state index < -0.39 is 0 Å². The zero-order valence-corrected chi connectivity index (χ0v) is 9.56. The molecule has 0 amide bonds. The average molecular weight is 242 g/mol. The number of hydrogen-bond acceptors (Lipinski definition) is 2. The van der Waals surface area contributed by atoms with Crippen LogP contribution in [0.4, 0.5) is 4.39 Å². The minimum Gasteiger partial charge on any atom is -0.307 e. The number of rotatable bonds is 5. The maximum Gasteiger partial charge on any atom is 0.151 e. The van der Waals surface area contributed by atoms with E-state index in [4.69, 9.17) is 11.6 Å². The molecule has 1 aromatic rings. The molecule has 16 heavy (non-hydrogen) atoms. The smallest absolute Gasteiger partial charge is 0.151 e. The van der Waals surface area contributed by atoms with E-state index in [0.29, 0.717) is 23.2 Å². The van der Waals surface area contributed by atoms with E-state index in [2.05, 4.69) is 5.32 Å². The first-order valence-electron chi connectivity index (χ1n) is 5.34. The lowest BCUT2D eigenvalue weighted by Crippen LogP contribution is -2.26. The summed E-state index contributed by atoms with van der Waals surface area (Å²) < 4.78 is 12.9. The van der Waals surface area contributed by atoms with Crippen LogP contribution in [-0.2, 0) is 11.2 Å². The van der Waals surface area contributed by atoms with Crippen LogP contribution in [0.3, 0.4) is 0 Å². The molecule has 0 atom stereocenters. The molecule has 4 heteroatoms. The number of benzene rings is 1. The fourth-order valence-electron chi connectivity index (χ4n) is 1.50. The molecule has 2 nitrogen and oxygen atoms in total. The van der Waals surface area contributed by atoms with Gasteiger partial charge in [-0.1, -0.05) is 11.6 Å². The second-order valence-corrected chi connectivity index (χ2v) is 4.51. The van der Waals surface area contributed by atoms with Crippen LogP contribution in [0.15, 0.2) is 18.2 Å². The van der Waals surface area contributed by atoms with Crippen molar-refractivity contribution in [3.05, 3.63) is 34.6 Å². The zero-order valence-electron chi connectivity index (χ0n) is 8.80. The summed E-state index contributed by atoms with van der Waals surface area (Å²) in [6.45, 7) is 0.345. The monoisotopic (exact) mass is 241 g/mol. The Kier molecular flexibility index (Phi) is 3.56. The fourth-order valence-corrected chi connectivity index (χ4v) is 1.68. The number of ketones is 1. The number of Topliss-reactive ketones (excluding diaryl/α,β-unsaturated/α-hetero) is 1. The second-order valence-electron chi connectivity index (χ2n) is 4.11. The summed E-state index contributed by atoms with van der Waals surface area (Å²) in [5.41, 5.74) is 0.560. The standard InChI is InChI=1S/C12H13ClFNO/c13-12-4-1-9(14)5-8(12)6-11(16)7-15-10-2-3-10/h1,4-5,10,15H,2-3,6-7H2. The Morgan fingerprint density at radius 3 is 2.94 bits per heavy atom. The highest BCUT2D eigenvalue weighted by atomic mass is 35.5. The molecule has 1 aromatic carbocycles. The highest BCUT2D eigenvalue weighted by molar-refractivity contribution is 6.31. The molecule has 0 heterocycles. The predicted molar refractivity (Wildman–Crippen MR) is 61.1 cm³/mol. The fraction of sp³-hybridized carbons (Fsp3) is 0.417. The van der Waals surface area contributed by atoms with Gasteiger partial charge in [0.1, 0.15) is 5.82 Å². The van der Waals surface area contributed by atoms with Crippen molar-refractivity contribution in [2.45, 2.75) is 25.3 Å². The Labute approximate surface area is 98.8 Å². The molecule has 1 N–H and O–H groups in total. The van der Waals surface area contributed by atoms with Crippen molar-refractivity contribution in [1.82, 2.24) is 5.32 Å². The van der Waals surface area contributed by atoms with Crippen LogP contribution < -0.4 is 5.32 Å². The van der Waals surface area contributed by atoms with Crippen LogP contribution in [0.1, 0.15) is 18.4 Å². The third-order valence-corrected chi connectivity index (χ3v) is 2.93. The van der Waals surface area contributed by atoms with Gasteiger partial charge in [0, 0.05) is 17.5 Å². The number of carbonyl (C=O) groups is 1. The second kappa shape index (κ2) is 4.93. The van der Waals surface area contributed by atoms with E-state index >= 15 is 0 Å². The molecule has 86 valence electrons. The number of nitrogens with one attached hydrogen (secondary N) is 1. The lowest BCUT2D eigenvalue weighted by molar-refractivity contribution is -0.117. The summed E-state index contributed by atoms with van der Waals surface area (Å²) in [7, 11) is 0. The summed E-state index contributed by atoms with van der Waals surface area (Å²) in [4.78, 5) is 11.6. The van der Waals surface area contributed by atoms with Crippen LogP contribution in [0.25, 0.3) is 0 Å². The Morgan fingerprint density at radius 2 is 2.25 bits per heavy atom. The van der Waals surface area contributed by atoms with Crippen molar-refractivity contribution in [3.8, 4) is 0 Å². The molecule has 1 saturated carbocycles. The van der Waals surface area contributed by atoms with Crippen molar-refractivity contribution in [2.24, 2.45) is 0 Å². The summed E-state index contributed by atoms with van der Waals surface area (Å²) in [5.74, 6) is -0.318. The largest absolute Gasteiger partial charge is 0.307 e. The molecule has 0 radical (unpaired) electrons. The summed E-state index contributed by atoms with van der Waals surface area (Å²) >= 11 is 5.88. The van der Waals surface area contributed by atoms with Gasteiger partial charge >= 0.3 is 0 Å². The molecule has 0 aromatic heterocycles. The highest BCUT2D eigenvalue weighted by Gasteiger charge is 2.21. The van der Waals surface area contributed by atoms with Gasteiger partial charge in [0.05, 0.1) is 6.54 Å². The number of hydrogen-bond donors (Lipinski definition) is 1. The molecule has 0 spiro atoms. The Bertz CT molecular complexity index is 404. The molecular weight excluding hydrogens is 229 g/mol. The van der Waals surface area contributed by atoms with Crippen LogP contribution in [0.2, 0.25) is 5.02 Å². The van der Waals surface area contributed by atoms with Gasteiger partial charge in [-0.05, 0) is 36.6 Å². The topological polar surface area (TPSA) is 29.1 Å². The maximum atomic E-state index is 12.9. The zero-order chi connectivity index (χ0) is 11.5. The van der Waals surface area contributed by atoms with Gasteiger partial charge in [0.25, 0.3) is 0 Å². The highest BCUT2D eigenvalue weighted by Crippen LogP contribution is 2.19. The van der Waals surface area contributed by atoms with E-state index in [-0.39, 0.29) is 18.0 Å². The average Bonchev–Trinajstić information content (AvgIpc) is 3.04. The SMILES string of the molecule is O=C(CNC1CC1)Cc1cc(F)ccc1Cl. The van der Waals surface area contributed by atoms with Crippen molar-refractivity contribution in [3.63, 3.8) is 0 Å². The molecule has 0 unspecified atom stereocenters. The summed E-state index contributed by atoms with van der Waals surface area (Å²) in [5, 5.41) is 3.57. The summed E-state index contributed by atoms with van der Waals surface area (Å²) in [6, 6.07) is 4.59. The van der Waals surface area contributed by atoms with E-state index in [1.807, 2.05) is 0 Å². The number of halogens is 2. The molecule has 0 saturated heterocycles. The van der Waals surface area contributed by atoms with Crippen molar-refractivity contribution >= 4 is 17.4 Å². The quantitative estimate of drug-likeness (QED) is 0.858. The van der Waals surface area contributed by atoms with E-state index in [9.17, 15) is 9.18 Å². The van der Waals surface area contributed by atoms with E-state index in [1.165, 1.54) is 18.2 Å². The van der Waals surface area contributed by atoms with Crippen molar-refractivity contribution < 1.29 is 9.18 Å². The molecule has 1 aliphatic carbocycles. The van der Waals surface area contributed by atoms with Crippen molar-refractivity contribution in [1.29, 1.82) is 0 Å². The van der Waals surface area contributed by atoms with E-state index in [0.717, 1.165) is 12.8 Å². The Morgan fingerprint density at radius 1 is 1.50 bits per heavy atom. The first-order valence-corrected chi connectivity index (χ1v) is 5.72. The molecule has 0 bridgehead atoms. The third-order valence-electron chi connectivity index (χ3n) is 2.56. The molecule has 1 aliphatic rings. The van der Waals surface area contributed by atoms with Gasteiger partial charge < -0.3 is 5.32 Å². The minimum absolute atomic E-state index is 0.0411. The Hall–Kier alpha value is -0.930. The van der Waals surface area contributed by atoms with Gasteiger partial charge in [-0.2, -0.15) is 0 Å². The van der Waals surface area contributed by atoms with Gasteiger partial charge in [-0.3, -0.25) is 4.79 Å². The molecule has 0 aliphatic heterocycles. The lowest BCUT2D eigenvalue weighted by atomic mass is 10.1. The van der Waals surface area contributed by atoms with Crippen LogP contribution >= 0.6 is 11.6 Å². The normalized spacial score (nSPS) is 15.1. The minimum atomic E-state index is -0.359. The third kappa shape index (κ3) is 3.29. The first-order chi connectivity index (χ1) is 7.65. The molecular formula is C12H13ClFNO. The van der Waals surface area contributed by atoms with Crippen LogP contribution in [0.5, 0.6) is 0 Å². The van der Waals surface area contributed by atoms with Gasteiger partial charge in [0.15, 0.2) is 5.78 Å². The van der Waals surface area contributed by atoms with Crippen LogP contribution in [-0.4, -0.2) is 18.4 Å². The van der Waals surface area contributed by atoms with Crippen molar-refractivity contribution in [2.75, 3.05) is 6.54 Å². The van der Waals surface area contributed by atoms with Gasteiger partial charge in [0.2, 0.25) is 0 Å². The predicted octanol–water partition coefficient (Wildman–Crippen LogP) is 2.34. The number of carbonyl (C=O) groups excluding carboxylic acids is 1. The van der Waals surface area contributed by atoms with Gasteiger partial charge in [-0.15, -0.1) is 0 Å².